The molecule has 1 aromatic carbocycles. The number of carbonyl (C=O) groups excluding carboxylic acids is 1. The third kappa shape index (κ3) is 2.72. The van der Waals surface area contributed by atoms with E-state index in [-0.39, 0.29) is 17.5 Å². The van der Waals surface area contributed by atoms with Crippen molar-refractivity contribution < 1.29 is 4.79 Å². The first kappa shape index (κ1) is 14.0. The summed E-state index contributed by atoms with van der Waals surface area (Å²) in [4.78, 5) is 23.8. The topological polar surface area (TPSA) is 101 Å². The highest BCUT2D eigenvalue weighted by Gasteiger charge is 2.22. The van der Waals surface area contributed by atoms with Gasteiger partial charge in [-0.2, -0.15) is 13.8 Å². The average Bonchev–Trinajstić information content (AvgIpc) is 3.02. The number of nitrogens with zero attached hydrogens (tertiary/aromatic N) is 3. The number of aryl methyl sites for hydroxylation is 1. The molecule has 2 N–H and O–H groups in total. The summed E-state index contributed by atoms with van der Waals surface area (Å²) >= 11 is 1.13. The van der Waals surface area contributed by atoms with Gasteiger partial charge in [0.1, 0.15) is 11.0 Å². The number of carbonyl (C=O) groups is 1. The van der Waals surface area contributed by atoms with Crippen LogP contribution in [-0.4, -0.2) is 30.9 Å². The first-order valence-electron chi connectivity index (χ1n) is 7.30. The molecule has 7 nitrogen and oxygen atoms in total. The number of aromatic amines is 1. The van der Waals surface area contributed by atoms with Crippen molar-refractivity contribution in [3.05, 3.63) is 51.4 Å². The minimum Gasteiger partial charge on any atom is -0.349 e. The Hall–Kier alpha value is -2.61. The first-order valence-corrected chi connectivity index (χ1v) is 8.03. The van der Waals surface area contributed by atoms with E-state index in [1.165, 1.54) is 0 Å². The van der Waals surface area contributed by atoms with Gasteiger partial charge in [0.15, 0.2) is 0 Å². The van der Waals surface area contributed by atoms with Gasteiger partial charge in [-0.1, -0.05) is 0 Å². The number of rotatable bonds is 2. The van der Waals surface area contributed by atoms with Crippen molar-refractivity contribution in [1.29, 1.82) is 0 Å². The quantitative estimate of drug-likeness (QED) is 0.733. The Morgan fingerprint density at radius 2 is 2.13 bits per heavy atom. The molecule has 4 rings (SSSR count). The summed E-state index contributed by atoms with van der Waals surface area (Å²) in [6.07, 6.45) is 2.17. The molecular weight excluding hydrogens is 314 g/mol. The van der Waals surface area contributed by atoms with Gasteiger partial charge in [-0.15, -0.1) is 0 Å². The van der Waals surface area contributed by atoms with Crippen LogP contribution in [-0.2, 0) is 12.8 Å². The lowest BCUT2D eigenvalue weighted by Crippen LogP contribution is -2.39. The molecule has 3 aromatic rings. The molecule has 8 heteroatoms. The smallest absolute Gasteiger partial charge is 0.264 e. The summed E-state index contributed by atoms with van der Waals surface area (Å²) in [5, 5.41) is 9.53. The van der Waals surface area contributed by atoms with Crippen LogP contribution in [0.15, 0.2) is 29.1 Å². The highest BCUT2D eigenvalue weighted by atomic mass is 32.1. The lowest BCUT2D eigenvalue weighted by molar-refractivity contribution is 0.0933. The van der Waals surface area contributed by atoms with E-state index >= 15 is 0 Å². The van der Waals surface area contributed by atoms with Crippen LogP contribution in [0.3, 0.4) is 0 Å². The number of nitrogens with one attached hydrogen (secondary N) is 2. The summed E-state index contributed by atoms with van der Waals surface area (Å²) in [7, 11) is 0. The normalized spacial score (nSPS) is 17.0. The second-order valence-corrected chi connectivity index (χ2v) is 6.11. The summed E-state index contributed by atoms with van der Waals surface area (Å²) < 4.78 is 8.28. The monoisotopic (exact) mass is 327 g/mol. The molecule has 1 atom stereocenters. The van der Waals surface area contributed by atoms with E-state index in [4.69, 9.17) is 0 Å². The Bertz CT molecular complexity index is 948. The van der Waals surface area contributed by atoms with Crippen molar-refractivity contribution in [3.63, 3.8) is 0 Å². The zero-order valence-corrected chi connectivity index (χ0v) is 12.9. The lowest BCUT2D eigenvalue weighted by Gasteiger charge is -2.24. The van der Waals surface area contributed by atoms with E-state index in [2.05, 4.69) is 24.3 Å². The summed E-state index contributed by atoms with van der Waals surface area (Å²) in [6.45, 7) is 0. The number of hydrogen-bond acceptors (Lipinski definition) is 6. The highest BCUT2D eigenvalue weighted by molar-refractivity contribution is 7.00. The maximum Gasteiger partial charge on any atom is 0.264 e. The Morgan fingerprint density at radius 1 is 1.26 bits per heavy atom. The van der Waals surface area contributed by atoms with Gasteiger partial charge in [-0.3, -0.25) is 9.59 Å². The molecule has 2 heterocycles. The van der Waals surface area contributed by atoms with Crippen molar-refractivity contribution in [2.45, 2.75) is 25.3 Å². The maximum atomic E-state index is 12.4. The van der Waals surface area contributed by atoms with Crippen LogP contribution in [0.1, 0.15) is 28.0 Å². The highest BCUT2D eigenvalue weighted by Crippen LogP contribution is 2.19. The third-order valence-corrected chi connectivity index (χ3v) is 4.58. The van der Waals surface area contributed by atoms with Gasteiger partial charge in [0, 0.05) is 17.7 Å². The zero-order valence-electron chi connectivity index (χ0n) is 12.1. The van der Waals surface area contributed by atoms with Crippen LogP contribution in [0.4, 0.5) is 0 Å². The van der Waals surface area contributed by atoms with E-state index in [1.807, 2.05) is 0 Å². The minimum absolute atomic E-state index is 0.00264. The fourth-order valence-corrected chi connectivity index (χ4v) is 3.37. The van der Waals surface area contributed by atoms with Crippen LogP contribution in [0.25, 0.3) is 11.0 Å². The van der Waals surface area contributed by atoms with Crippen LogP contribution in [0.2, 0.25) is 0 Å². The van der Waals surface area contributed by atoms with E-state index < -0.39 is 0 Å². The molecule has 0 saturated carbocycles. The molecule has 0 spiro atoms. The van der Waals surface area contributed by atoms with Gasteiger partial charge in [0.05, 0.1) is 17.4 Å². The van der Waals surface area contributed by atoms with E-state index in [1.54, 1.807) is 24.3 Å². The Morgan fingerprint density at radius 3 is 3.04 bits per heavy atom. The van der Waals surface area contributed by atoms with Crippen molar-refractivity contribution in [2.75, 3.05) is 0 Å². The van der Waals surface area contributed by atoms with Gasteiger partial charge in [0.25, 0.3) is 11.5 Å². The number of aromatic nitrogens is 4. The first-order chi connectivity index (χ1) is 11.2. The second-order valence-electron chi connectivity index (χ2n) is 5.59. The predicted octanol–water partition coefficient (Wildman–Crippen LogP) is 1.06. The number of amides is 1. The number of H-pyrrole nitrogens is 1. The van der Waals surface area contributed by atoms with Crippen molar-refractivity contribution >= 4 is 28.7 Å². The molecular formula is C15H13N5O2S. The molecule has 0 fully saturated rings. The van der Waals surface area contributed by atoms with E-state index in [0.717, 1.165) is 46.9 Å². The molecule has 0 saturated heterocycles. The van der Waals surface area contributed by atoms with E-state index in [9.17, 15) is 9.59 Å². The minimum atomic E-state index is -0.211. The molecule has 0 radical (unpaired) electrons. The van der Waals surface area contributed by atoms with Crippen LogP contribution < -0.4 is 10.9 Å². The number of benzene rings is 1. The molecule has 1 amide bonds. The van der Waals surface area contributed by atoms with E-state index in [0.29, 0.717) is 12.0 Å². The molecule has 0 aliphatic heterocycles. The van der Waals surface area contributed by atoms with Crippen LogP contribution in [0, 0.1) is 0 Å². The standard InChI is InChI=1S/C15H13N5O2S/c21-14-7-9-5-10(2-4-11(9)17-18-14)16-15(22)8-1-3-12-13(6-8)20-23-19-12/h1,3,6-7,10H,2,4-5H2,(H,16,22)(H,18,21). The molecule has 116 valence electrons. The number of fused-ring (bicyclic) bond motifs is 2. The molecule has 1 unspecified atom stereocenters. The molecule has 1 aliphatic carbocycles. The molecule has 0 bridgehead atoms. The Labute approximate surface area is 135 Å². The zero-order chi connectivity index (χ0) is 15.8. The SMILES string of the molecule is O=C(NC1CCc2n[nH]c(=O)cc2C1)c1ccc2nsnc2c1. The van der Waals surface area contributed by atoms with Crippen molar-refractivity contribution in [2.24, 2.45) is 0 Å². The maximum absolute atomic E-state index is 12.4. The third-order valence-electron chi connectivity index (χ3n) is 4.02. The summed E-state index contributed by atoms with van der Waals surface area (Å²) in [6, 6.07) is 6.86. The lowest BCUT2D eigenvalue weighted by atomic mass is 9.92. The Kier molecular flexibility index (Phi) is 3.38. The van der Waals surface area contributed by atoms with Gasteiger partial charge in [-0.05, 0) is 43.0 Å². The summed E-state index contributed by atoms with van der Waals surface area (Å²) in [5.41, 5.74) is 3.70. The van der Waals surface area contributed by atoms with Gasteiger partial charge in [0.2, 0.25) is 0 Å². The van der Waals surface area contributed by atoms with Gasteiger partial charge < -0.3 is 5.32 Å². The number of hydrogen-bond donors (Lipinski definition) is 2. The van der Waals surface area contributed by atoms with Crippen LogP contribution >= 0.6 is 11.7 Å². The molecule has 2 aromatic heterocycles. The van der Waals surface area contributed by atoms with Crippen LogP contribution in [0.5, 0.6) is 0 Å². The van der Waals surface area contributed by atoms with Crippen molar-refractivity contribution in [1.82, 2.24) is 24.3 Å². The largest absolute Gasteiger partial charge is 0.349 e. The second kappa shape index (κ2) is 5.54. The predicted molar refractivity (Wildman–Crippen MR) is 85.6 cm³/mol. The Balaban J connectivity index is 1.51. The fourth-order valence-electron chi connectivity index (χ4n) is 2.86. The fraction of sp³-hybridized carbons (Fsp3) is 0.267. The average molecular weight is 327 g/mol. The molecule has 1 aliphatic rings. The summed E-state index contributed by atoms with van der Waals surface area (Å²) in [5.74, 6) is -0.133. The van der Waals surface area contributed by atoms with Gasteiger partial charge >= 0.3 is 0 Å². The van der Waals surface area contributed by atoms with Gasteiger partial charge in [-0.25, -0.2) is 5.10 Å². The van der Waals surface area contributed by atoms with Crippen molar-refractivity contribution in [3.8, 4) is 0 Å². The molecule has 23 heavy (non-hydrogen) atoms.